The molecule has 4 rings (SSSR count). The van der Waals surface area contributed by atoms with E-state index in [9.17, 15) is 9.59 Å². The minimum absolute atomic E-state index is 0.220. The highest BCUT2D eigenvalue weighted by Crippen LogP contribution is 2.45. The van der Waals surface area contributed by atoms with E-state index in [4.69, 9.17) is 9.72 Å². The number of imidazole rings is 2. The summed E-state index contributed by atoms with van der Waals surface area (Å²) in [6.45, 7) is 11.6. The SMILES string of the molecule is COCCn1c(=O)c2c(nc3n([C@@H]4C[C@@H](C)CC(C)(C)C4)c(C)c(C)n23)n(C)c1=O. The van der Waals surface area contributed by atoms with Crippen molar-refractivity contribution < 1.29 is 4.74 Å². The molecule has 0 amide bonds. The summed E-state index contributed by atoms with van der Waals surface area (Å²) in [4.78, 5) is 30.9. The third-order valence-electron chi connectivity index (χ3n) is 6.81. The predicted molar refractivity (Wildman–Crippen MR) is 117 cm³/mol. The van der Waals surface area contributed by atoms with Crippen LogP contribution < -0.4 is 11.2 Å². The number of rotatable bonds is 4. The van der Waals surface area contributed by atoms with E-state index < -0.39 is 0 Å². The summed E-state index contributed by atoms with van der Waals surface area (Å²) in [6.07, 6.45) is 3.38. The maximum atomic E-state index is 13.3. The fraction of sp³-hybridized carbons (Fsp3) is 0.682. The Labute approximate surface area is 176 Å². The summed E-state index contributed by atoms with van der Waals surface area (Å²) in [6, 6.07) is 0.324. The van der Waals surface area contributed by atoms with Crippen LogP contribution in [0.3, 0.4) is 0 Å². The van der Waals surface area contributed by atoms with Crippen molar-refractivity contribution in [3.63, 3.8) is 0 Å². The topological polar surface area (TPSA) is 75.5 Å². The van der Waals surface area contributed by atoms with Crippen LogP contribution >= 0.6 is 0 Å². The highest BCUT2D eigenvalue weighted by Gasteiger charge is 2.35. The lowest BCUT2D eigenvalue weighted by atomic mass is 9.70. The largest absolute Gasteiger partial charge is 0.383 e. The van der Waals surface area contributed by atoms with Crippen LogP contribution in [0.1, 0.15) is 57.5 Å². The molecular formula is C22H33N5O3. The Morgan fingerprint density at radius 1 is 1.17 bits per heavy atom. The third-order valence-corrected chi connectivity index (χ3v) is 6.81. The first-order valence-electron chi connectivity index (χ1n) is 10.8. The zero-order chi connectivity index (χ0) is 22.0. The Bertz CT molecular complexity index is 1240. The molecule has 0 radical (unpaired) electrons. The van der Waals surface area contributed by atoms with Crippen molar-refractivity contribution in [3.05, 3.63) is 32.2 Å². The molecule has 0 N–H and O–H groups in total. The van der Waals surface area contributed by atoms with E-state index in [-0.39, 0.29) is 23.2 Å². The molecule has 2 atom stereocenters. The van der Waals surface area contributed by atoms with Gasteiger partial charge >= 0.3 is 5.69 Å². The molecule has 0 aromatic carbocycles. The average molecular weight is 416 g/mol. The number of hydrogen-bond donors (Lipinski definition) is 0. The van der Waals surface area contributed by atoms with E-state index >= 15 is 0 Å². The van der Waals surface area contributed by atoms with Crippen LogP contribution in [0, 0.1) is 25.2 Å². The molecule has 1 aliphatic carbocycles. The summed E-state index contributed by atoms with van der Waals surface area (Å²) < 4.78 is 12.1. The van der Waals surface area contributed by atoms with Crippen LogP contribution in [-0.4, -0.2) is 36.8 Å². The van der Waals surface area contributed by atoms with Gasteiger partial charge in [-0.3, -0.25) is 18.3 Å². The summed E-state index contributed by atoms with van der Waals surface area (Å²) in [5.41, 5.74) is 2.62. The Kier molecular flexibility index (Phi) is 4.96. The second-order valence-electron chi connectivity index (χ2n) is 9.82. The summed E-state index contributed by atoms with van der Waals surface area (Å²) in [5, 5.41) is 0. The lowest BCUT2D eigenvalue weighted by Crippen LogP contribution is -2.40. The molecule has 3 aromatic rings. The maximum Gasteiger partial charge on any atom is 0.332 e. The van der Waals surface area contributed by atoms with Gasteiger partial charge < -0.3 is 9.30 Å². The maximum absolute atomic E-state index is 13.3. The van der Waals surface area contributed by atoms with Gasteiger partial charge in [-0.15, -0.1) is 0 Å². The van der Waals surface area contributed by atoms with Crippen molar-refractivity contribution in [2.45, 2.75) is 66.5 Å². The van der Waals surface area contributed by atoms with Crippen LogP contribution in [-0.2, 0) is 18.3 Å². The minimum atomic E-state index is -0.362. The molecule has 0 unspecified atom stereocenters. The Hall–Kier alpha value is -2.35. The van der Waals surface area contributed by atoms with Gasteiger partial charge in [0, 0.05) is 31.6 Å². The van der Waals surface area contributed by atoms with Crippen LogP contribution in [0.4, 0.5) is 0 Å². The molecule has 0 spiro atoms. The molecule has 0 bridgehead atoms. The lowest BCUT2D eigenvalue weighted by molar-refractivity contribution is 0.138. The van der Waals surface area contributed by atoms with E-state index in [1.807, 2.05) is 11.3 Å². The second kappa shape index (κ2) is 7.11. The van der Waals surface area contributed by atoms with Gasteiger partial charge in [0.15, 0.2) is 11.2 Å². The van der Waals surface area contributed by atoms with Crippen molar-refractivity contribution >= 4 is 16.9 Å². The fourth-order valence-electron chi connectivity index (χ4n) is 5.58. The lowest BCUT2D eigenvalue weighted by Gasteiger charge is -2.40. The number of nitrogens with zero attached hydrogens (tertiary/aromatic N) is 5. The number of aromatic nitrogens is 5. The highest BCUT2D eigenvalue weighted by molar-refractivity contribution is 5.76. The number of methoxy groups -OCH3 is 1. The van der Waals surface area contributed by atoms with Crippen molar-refractivity contribution in [2.75, 3.05) is 13.7 Å². The first kappa shape index (κ1) is 20.9. The van der Waals surface area contributed by atoms with E-state index in [0.717, 1.165) is 30.0 Å². The standard InChI is InChI=1S/C22H33N5O3/c1-13-10-16(12-22(4,5)11-13)26-14(2)15(3)27-17-18(23-20(26)27)24(6)21(29)25(19(17)28)8-9-30-7/h13,16H,8-12H2,1-7H3/t13-,16-/m1/s1. The summed E-state index contributed by atoms with van der Waals surface area (Å²) in [7, 11) is 3.24. The van der Waals surface area contributed by atoms with Crippen LogP contribution in [0.25, 0.3) is 16.9 Å². The zero-order valence-corrected chi connectivity index (χ0v) is 19.2. The van der Waals surface area contributed by atoms with Gasteiger partial charge in [-0.05, 0) is 44.4 Å². The summed E-state index contributed by atoms with van der Waals surface area (Å²) in [5.74, 6) is 1.38. The molecule has 0 aliphatic heterocycles. The molecule has 8 nitrogen and oxygen atoms in total. The molecule has 1 saturated carbocycles. The minimum Gasteiger partial charge on any atom is -0.383 e. The molecule has 30 heavy (non-hydrogen) atoms. The quantitative estimate of drug-likeness (QED) is 0.657. The van der Waals surface area contributed by atoms with Crippen LogP contribution in [0.5, 0.6) is 0 Å². The Morgan fingerprint density at radius 3 is 2.50 bits per heavy atom. The number of ether oxygens (including phenoxy) is 1. The van der Waals surface area contributed by atoms with Crippen molar-refractivity contribution in [3.8, 4) is 0 Å². The number of aryl methyl sites for hydroxylation is 2. The highest BCUT2D eigenvalue weighted by atomic mass is 16.5. The first-order chi connectivity index (χ1) is 14.1. The number of fused-ring (bicyclic) bond motifs is 3. The summed E-state index contributed by atoms with van der Waals surface area (Å²) >= 11 is 0. The molecule has 164 valence electrons. The van der Waals surface area contributed by atoms with Gasteiger partial charge in [0.25, 0.3) is 5.56 Å². The fourth-order valence-corrected chi connectivity index (χ4v) is 5.58. The first-order valence-corrected chi connectivity index (χ1v) is 10.8. The van der Waals surface area contributed by atoms with Gasteiger partial charge in [0.1, 0.15) is 0 Å². The van der Waals surface area contributed by atoms with Crippen molar-refractivity contribution in [1.82, 2.24) is 23.1 Å². The van der Waals surface area contributed by atoms with Crippen molar-refractivity contribution in [1.29, 1.82) is 0 Å². The predicted octanol–water partition coefficient (Wildman–Crippen LogP) is 2.80. The second-order valence-corrected chi connectivity index (χ2v) is 9.82. The molecule has 3 heterocycles. The Morgan fingerprint density at radius 2 is 1.87 bits per heavy atom. The monoisotopic (exact) mass is 415 g/mol. The molecule has 1 aliphatic rings. The molecule has 8 heteroatoms. The van der Waals surface area contributed by atoms with Crippen LogP contribution in [0.2, 0.25) is 0 Å². The normalized spacial score (nSPS) is 21.7. The van der Waals surface area contributed by atoms with Crippen LogP contribution in [0.15, 0.2) is 9.59 Å². The zero-order valence-electron chi connectivity index (χ0n) is 19.2. The molecular weight excluding hydrogens is 382 g/mol. The van der Waals surface area contributed by atoms with E-state index in [0.29, 0.717) is 29.7 Å². The molecule has 1 fully saturated rings. The smallest absolute Gasteiger partial charge is 0.332 e. The molecule has 0 saturated heterocycles. The number of hydrogen-bond acceptors (Lipinski definition) is 4. The van der Waals surface area contributed by atoms with Gasteiger partial charge in [-0.25, -0.2) is 4.79 Å². The van der Waals surface area contributed by atoms with Gasteiger partial charge in [0.2, 0.25) is 5.78 Å². The third kappa shape index (κ3) is 3.04. The molecule has 3 aromatic heterocycles. The van der Waals surface area contributed by atoms with Gasteiger partial charge in [0.05, 0.1) is 13.2 Å². The van der Waals surface area contributed by atoms with Gasteiger partial charge in [-0.1, -0.05) is 20.8 Å². The van der Waals surface area contributed by atoms with E-state index in [1.165, 1.54) is 15.6 Å². The van der Waals surface area contributed by atoms with E-state index in [2.05, 4.69) is 32.3 Å². The van der Waals surface area contributed by atoms with Crippen molar-refractivity contribution in [2.24, 2.45) is 18.4 Å². The average Bonchev–Trinajstić information content (AvgIpc) is 3.14. The van der Waals surface area contributed by atoms with E-state index in [1.54, 1.807) is 14.2 Å². The van der Waals surface area contributed by atoms with Gasteiger partial charge in [-0.2, -0.15) is 4.98 Å². The Balaban J connectivity index is 2.02.